The van der Waals surface area contributed by atoms with Gasteiger partial charge in [-0.05, 0) is 30.9 Å². The van der Waals surface area contributed by atoms with Gasteiger partial charge in [0.2, 0.25) is 0 Å². The van der Waals surface area contributed by atoms with E-state index in [0.717, 1.165) is 28.3 Å². The predicted octanol–water partition coefficient (Wildman–Crippen LogP) is 3.49. The summed E-state index contributed by atoms with van der Waals surface area (Å²) >= 11 is 7.83. The lowest BCUT2D eigenvalue weighted by molar-refractivity contribution is 0.174. The standard InChI is InChI=1S/C11H12ClNOS/c1-7-8(12)3-4-10(15-2)11(7)9-5-6-14-13-9/h3-4H,5-6H2,1-2H3. The van der Waals surface area contributed by atoms with Gasteiger partial charge >= 0.3 is 0 Å². The molecule has 15 heavy (non-hydrogen) atoms. The molecule has 0 saturated heterocycles. The molecule has 0 unspecified atom stereocenters. The lowest BCUT2D eigenvalue weighted by atomic mass is 10.0. The highest BCUT2D eigenvalue weighted by molar-refractivity contribution is 7.98. The molecule has 0 bridgehead atoms. The van der Waals surface area contributed by atoms with Crippen LogP contribution >= 0.6 is 23.4 Å². The maximum atomic E-state index is 6.12. The molecule has 0 aliphatic carbocycles. The van der Waals surface area contributed by atoms with Gasteiger partial charge in [0.15, 0.2) is 0 Å². The molecule has 1 aliphatic heterocycles. The summed E-state index contributed by atoms with van der Waals surface area (Å²) in [5.74, 6) is 0. The average molecular weight is 242 g/mol. The summed E-state index contributed by atoms with van der Waals surface area (Å²) in [5.41, 5.74) is 3.25. The van der Waals surface area contributed by atoms with Gasteiger partial charge in [-0.2, -0.15) is 0 Å². The molecule has 0 saturated carbocycles. The van der Waals surface area contributed by atoms with E-state index in [1.54, 1.807) is 11.8 Å². The van der Waals surface area contributed by atoms with Crippen molar-refractivity contribution in [3.63, 3.8) is 0 Å². The van der Waals surface area contributed by atoms with Gasteiger partial charge in [-0.3, -0.25) is 0 Å². The molecular formula is C11H12ClNOS. The molecule has 0 radical (unpaired) electrons. The molecule has 0 N–H and O–H groups in total. The van der Waals surface area contributed by atoms with E-state index >= 15 is 0 Å². The van der Waals surface area contributed by atoms with E-state index in [-0.39, 0.29) is 0 Å². The molecule has 0 amide bonds. The molecule has 4 heteroatoms. The molecule has 1 aromatic carbocycles. The monoisotopic (exact) mass is 241 g/mol. The third-order valence-electron chi connectivity index (χ3n) is 2.47. The van der Waals surface area contributed by atoms with Crippen LogP contribution < -0.4 is 0 Å². The maximum Gasteiger partial charge on any atom is 0.122 e. The van der Waals surface area contributed by atoms with Crippen LogP contribution in [-0.4, -0.2) is 18.6 Å². The maximum absolute atomic E-state index is 6.12. The van der Waals surface area contributed by atoms with Gasteiger partial charge in [0.05, 0.1) is 5.71 Å². The van der Waals surface area contributed by atoms with E-state index in [4.69, 9.17) is 16.4 Å². The fraction of sp³-hybridized carbons (Fsp3) is 0.364. The Labute approximate surface area is 98.6 Å². The molecule has 2 nitrogen and oxygen atoms in total. The van der Waals surface area contributed by atoms with Gasteiger partial charge in [-0.25, -0.2) is 0 Å². The van der Waals surface area contributed by atoms with Gasteiger partial charge < -0.3 is 4.84 Å². The highest BCUT2D eigenvalue weighted by atomic mass is 35.5. The van der Waals surface area contributed by atoms with Crippen molar-refractivity contribution in [2.45, 2.75) is 18.2 Å². The number of halogens is 1. The Kier molecular flexibility index (Phi) is 3.22. The van der Waals surface area contributed by atoms with Crippen LogP contribution in [0, 0.1) is 6.92 Å². The van der Waals surface area contributed by atoms with Crippen LogP contribution in [0.3, 0.4) is 0 Å². The van der Waals surface area contributed by atoms with Crippen molar-refractivity contribution >= 4 is 29.1 Å². The van der Waals surface area contributed by atoms with E-state index in [9.17, 15) is 0 Å². The normalized spacial score (nSPS) is 15.0. The molecular weight excluding hydrogens is 230 g/mol. The minimum Gasteiger partial charge on any atom is -0.395 e. The summed E-state index contributed by atoms with van der Waals surface area (Å²) in [6.45, 7) is 2.70. The lowest BCUT2D eigenvalue weighted by Gasteiger charge is -2.10. The van der Waals surface area contributed by atoms with E-state index in [1.807, 2.05) is 19.1 Å². The fourth-order valence-electron chi connectivity index (χ4n) is 1.67. The number of hydrogen-bond donors (Lipinski definition) is 0. The zero-order valence-corrected chi connectivity index (χ0v) is 10.3. The van der Waals surface area contributed by atoms with Crippen molar-refractivity contribution in [3.05, 3.63) is 28.3 Å². The minimum atomic E-state index is 0.676. The van der Waals surface area contributed by atoms with Crippen LogP contribution in [-0.2, 0) is 4.84 Å². The van der Waals surface area contributed by atoms with Crippen LogP contribution in [0.25, 0.3) is 0 Å². The Hall–Kier alpha value is -0.670. The predicted molar refractivity (Wildman–Crippen MR) is 65.1 cm³/mol. The Morgan fingerprint density at radius 2 is 2.27 bits per heavy atom. The zero-order valence-electron chi connectivity index (χ0n) is 8.71. The highest BCUT2D eigenvalue weighted by Crippen LogP contribution is 2.30. The molecule has 0 aromatic heterocycles. The Balaban J connectivity index is 2.55. The SMILES string of the molecule is CSc1ccc(Cl)c(C)c1C1=NOCC1. The Morgan fingerprint density at radius 1 is 1.47 bits per heavy atom. The molecule has 1 aliphatic rings. The third-order valence-corrected chi connectivity index (χ3v) is 3.66. The second kappa shape index (κ2) is 4.45. The summed E-state index contributed by atoms with van der Waals surface area (Å²) < 4.78 is 0. The summed E-state index contributed by atoms with van der Waals surface area (Å²) in [6, 6.07) is 3.97. The van der Waals surface area contributed by atoms with Crippen molar-refractivity contribution in [1.82, 2.24) is 0 Å². The molecule has 1 heterocycles. The summed E-state index contributed by atoms with van der Waals surface area (Å²) in [4.78, 5) is 6.25. The highest BCUT2D eigenvalue weighted by Gasteiger charge is 2.18. The van der Waals surface area contributed by atoms with Crippen LogP contribution in [0.2, 0.25) is 5.02 Å². The van der Waals surface area contributed by atoms with Crippen LogP contribution in [0.15, 0.2) is 22.2 Å². The number of thioether (sulfide) groups is 1. The average Bonchev–Trinajstić information content (AvgIpc) is 2.75. The quantitative estimate of drug-likeness (QED) is 0.740. The minimum absolute atomic E-state index is 0.676. The number of hydrogen-bond acceptors (Lipinski definition) is 3. The van der Waals surface area contributed by atoms with Crippen molar-refractivity contribution in [2.75, 3.05) is 12.9 Å². The smallest absolute Gasteiger partial charge is 0.122 e. The summed E-state index contributed by atoms with van der Waals surface area (Å²) in [6.07, 6.45) is 2.93. The largest absolute Gasteiger partial charge is 0.395 e. The van der Waals surface area contributed by atoms with Gasteiger partial charge in [0.25, 0.3) is 0 Å². The topological polar surface area (TPSA) is 21.6 Å². The van der Waals surface area contributed by atoms with Gasteiger partial charge in [0, 0.05) is 21.9 Å². The molecule has 80 valence electrons. The second-order valence-corrected chi connectivity index (χ2v) is 4.63. The van der Waals surface area contributed by atoms with Crippen molar-refractivity contribution in [3.8, 4) is 0 Å². The van der Waals surface area contributed by atoms with E-state index in [0.29, 0.717) is 6.61 Å². The van der Waals surface area contributed by atoms with Crippen LogP contribution in [0.4, 0.5) is 0 Å². The van der Waals surface area contributed by atoms with E-state index in [1.165, 1.54) is 4.90 Å². The van der Waals surface area contributed by atoms with Crippen molar-refractivity contribution < 1.29 is 4.84 Å². The van der Waals surface area contributed by atoms with Gasteiger partial charge in [-0.15, -0.1) is 11.8 Å². The summed E-state index contributed by atoms with van der Waals surface area (Å²) in [7, 11) is 0. The molecule has 1 aromatic rings. The first kappa shape index (κ1) is 10.8. The zero-order chi connectivity index (χ0) is 10.8. The molecule has 0 spiro atoms. The fourth-order valence-corrected chi connectivity index (χ4v) is 2.51. The molecule has 0 fully saturated rings. The van der Waals surface area contributed by atoms with E-state index < -0.39 is 0 Å². The van der Waals surface area contributed by atoms with Gasteiger partial charge in [0.1, 0.15) is 6.61 Å². The van der Waals surface area contributed by atoms with Crippen LogP contribution in [0.5, 0.6) is 0 Å². The van der Waals surface area contributed by atoms with Crippen molar-refractivity contribution in [2.24, 2.45) is 5.16 Å². The van der Waals surface area contributed by atoms with Crippen molar-refractivity contribution in [1.29, 1.82) is 0 Å². The number of rotatable bonds is 2. The van der Waals surface area contributed by atoms with E-state index in [2.05, 4.69) is 11.4 Å². The third kappa shape index (κ3) is 1.99. The second-order valence-electron chi connectivity index (χ2n) is 3.37. The first-order chi connectivity index (χ1) is 7.24. The van der Waals surface area contributed by atoms with Crippen LogP contribution in [0.1, 0.15) is 17.5 Å². The first-order valence-corrected chi connectivity index (χ1v) is 6.36. The Morgan fingerprint density at radius 3 is 2.87 bits per heavy atom. The number of benzene rings is 1. The van der Waals surface area contributed by atoms with Gasteiger partial charge in [-0.1, -0.05) is 16.8 Å². The number of nitrogens with zero attached hydrogens (tertiary/aromatic N) is 1. The molecule has 2 rings (SSSR count). The Bertz CT molecular complexity index is 417. The molecule has 0 atom stereocenters. The first-order valence-electron chi connectivity index (χ1n) is 4.76. The number of oxime groups is 1. The summed E-state index contributed by atoms with van der Waals surface area (Å²) in [5, 5.41) is 4.85. The lowest BCUT2D eigenvalue weighted by Crippen LogP contribution is -2.03.